The average molecular weight is 1480 g/mol. The van der Waals surface area contributed by atoms with E-state index in [4.69, 9.17) is 37.0 Å². The highest BCUT2D eigenvalue weighted by Gasteiger charge is 2.30. The molecular formula is C83H150O17P2. The van der Waals surface area contributed by atoms with Crippen LogP contribution in [0.3, 0.4) is 0 Å². The lowest BCUT2D eigenvalue weighted by atomic mass is 10.0. The SMILES string of the molecule is CCCCC/C=C\C/C=C\C/C=C\C/C=C\CCCC(=O)O[C@H](COC(=O)CCCCCCC/C=C\CCCCCCCC)COP(=O)(O)OC[C@@H](O)COP(=O)(O)OC[C@@H](COC(=O)CCCCCCCCCCCCCCCCC)OC(=O)CCCCCCCCC/C=C\CCCCCC. The molecule has 0 saturated carbocycles. The summed E-state index contributed by atoms with van der Waals surface area (Å²) >= 11 is 0. The molecule has 0 aromatic heterocycles. The fourth-order valence-corrected chi connectivity index (χ4v) is 12.9. The van der Waals surface area contributed by atoms with Crippen molar-refractivity contribution in [3.63, 3.8) is 0 Å². The van der Waals surface area contributed by atoms with Crippen LogP contribution >= 0.6 is 15.6 Å². The van der Waals surface area contributed by atoms with Gasteiger partial charge in [0, 0.05) is 25.7 Å². The molecule has 0 aliphatic rings. The highest BCUT2D eigenvalue weighted by molar-refractivity contribution is 7.47. The van der Waals surface area contributed by atoms with Crippen LogP contribution in [-0.4, -0.2) is 96.7 Å². The van der Waals surface area contributed by atoms with E-state index >= 15 is 0 Å². The van der Waals surface area contributed by atoms with Gasteiger partial charge in [0.15, 0.2) is 12.2 Å². The van der Waals surface area contributed by atoms with E-state index in [9.17, 15) is 43.2 Å². The summed E-state index contributed by atoms with van der Waals surface area (Å²) in [5.74, 6) is -2.22. The highest BCUT2D eigenvalue weighted by Crippen LogP contribution is 2.45. The van der Waals surface area contributed by atoms with Crippen LogP contribution in [0, 0.1) is 0 Å². The van der Waals surface area contributed by atoms with Gasteiger partial charge in [-0.2, -0.15) is 0 Å². The number of ether oxygens (including phenoxy) is 4. The summed E-state index contributed by atoms with van der Waals surface area (Å²) in [5.41, 5.74) is 0. The molecule has 0 heterocycles. The highest BCUT2D eigenvalue weighted by atomic mass is 31.2. The topological polar surface area (TPSA) is 237 Å². The number of esters is 4. The third-order valence-corrected chi connectivity index (χ3v) is 19.5. The van der Waals surface area contributed by atoms with E-state index < -0.39 is 97.5 Å². The molecule has 17 nitrogen and oxygen atoms in total. The van der Waals surface area contributed by atoms with Gasteiger partial charge in [0.2, 0.25) is 0 Å². The lowest BCUT2D eigenvalue weighted by molar-refractivity contribution is -0.161. The first kappa shape index (κ1) is 98.5. The van der Waals surface area contributed by atoms with Crippen molar-refractivity contribution in [3.8, 4) is 0 Å². The van der Waals surface area contributed by atoms with Crippen molar-refractivity contribution >= 4 is 39.5 Å². The third kappa shape index (κ3) is 74.8. The Morgan fingerprint density at radius 1 is 0.275 bits per heavy atom. The van der Waals surface area contributed by atoms with E-state index in [0.29, 0.717) is 32.1 Å². The lowest BCUT2D eigenvalue weighted by Gasteiger charge is -2.21. The van der Waals surface area contributed by atoms with Gasteiger partial charge in [0.25, 0.3) is 0 Å². The fraction of sp³-hybridized carbons (Fsp3) is 0.807. The molecular weight excluding hydrogens is 1330 g/mol. The van der Waals surface area contributed by atoms with E-state index in [0.717, 1.165) is 135 Å². The monoisotopic (exact) mass is 1480 g/mol. The van der Waals surface area contributed by atoms with Crippen LogP contribution in [0.15, 0.2) is 72.9 Å². The Kier molecular flexibility index (Phi) is 73.1. The van der Waals surface area contributed by atoms with Crippen LogP contribution in [0.25, 0.3) is 0 Å². The van der Waals surface area contributed by atoms with E-state index in [1.54, 1.807) is 0 Å². The number of aliphatic hydroxyl groups excluding tert-OH is 1. The van der Waals surface area contributed by atoms with Crippen molar-refractivity contribution in [2.45, 2.75) is 393 Å². The normalized spacial score (nSPS) is 14.2. The second kappa shape index (κ2) is 75.7. The molecule has 0 aliphatic carbocycles. The van der Waals surface area contributed by atoms with Crippen molar-refractivity contribution in [2.24, 2.45) is 0 Å². The third-order valence-electron chi connectivity index (χ3n) is 17.6. The maximum absolute atomic E-state index is 13.1. The van der Waals surface area contributed by atoms with Crippen LogP contribution in [0.1, 0.15) is 374 Å². The molecule has 5 atom stereocenters. The maximum atomic E-state index is 13.1. The zero-order valence-corrected chi connectivity index (χ0v) is 66.8. The van der Waals surface area contributed by atoms with E-state index in [2.05, 4.69) is 88.5 Å². The molecule has 0 saturated heterocycles. The van der Waals surface area contributed by atoms with Gasteiger partial charge in [-0.15, -0.1) is 0 Å². The number of phosphoric ester groups is 2. The van der Waals surface area contributed by atoms with Gasteiger partial charge >= 0.3 is 39.5 Å². The van der Waals surface area contributed by atoms with Crippen molar-refractivity contribution in [1.29, 1.82) is 0 Å². The molecule has 3 N–H and O–H groups in total. The minimum absolute atomic E-state index is 0.0203. The first-order valence-corrected chi connectivity index (χ1v) is 44.2. The Labute approximate surface area is 622 Å². The zero-order valence-electron chi connectivity index (χ0n) is 65.0. The Balaban J connectivity index is 5.39. The van der Waals surface area contributed by atoms with Gasteiger partial charge < -0.3 is 33.8 Å². The van der Waals surface area contributed by atoms with Crippen molar-refractivity contribution in [1.82, 2.24) is 0 Å². The standard InChI is InChI=1S/C83H150O17P2/c1-5-9-13-17-21-25-29-33-37-38-42-46-50-54-58-62-66-70-83(88)100-79(74-94-81(86)68-64-60-56-52-48-44-40-35-31-27-23-19-15-11-7-3)76-98-102(91,92)96-72-77(84)71-95-101(89,90)97-75-78(99-82(87)69-65-61-57-53-49-45-41-36-32-28-24-20-16-12-8-4)73-93-80(85)67-63-59-55-51-47-43-39-34-30-26-22-18-14-10-6-2/h21,25,28,32-33,35,37,40,42,46,54,58,77-79,84H,5-20,22-24,26-27,29-31,34,36,38-39,41,43-45,47-53,55-57,59-76H2,1-4H3,(H,89,90)(H,91,92)/b25-21-,32-28-,37-33-,40-35-,46-42-,58-54-/t77-,78+,79+/m0/s1. The minimum Gasteiger partial charge on any atom is -0.462 e. The van der Waals surface area contributed by atoms with Gasteiger partial charge in [-0.25, -0.2) is 9.13 Å². The van der Waals surface area contributed by atoms with Crippen LogP contribution in [0.5, 0.6) is 0 Å². The number of hydrogen-bond acceptors (Lipinski definition) is 15. The fourth-order valence-electron chi connectivity index (χ4n) is 11.3. The number of aliphatic hydroxyl groups is 1. The summed E-state index contributed by atoms with van der Waals surface area (Å²) < 4.78 is 68.6. The van der Waals surface area contributed by atoms with Gasteiger partial charge in [0.05, 0.1) is 26.4 Å². The van der Waals surface area contributed by atoms with E-state index in [-0.39, 0.29) is 25.7 Å². The largest absolute Gasteiger partial charge is 0.472 e. The number of carbonyl (C=O) groups excluding carboxylic acids is 4. The zero-order chi connectivity index (χ0) is 74.6. The predicted molar refractivity (Wildman–Crippen MR) is 418 cm³/mol. The number of hydrogen-bond donors (Lipinski definition) is 3. The molecule has 2 unspecified atom stereocenters. The van der Waals surface area contributed by atoms with Gasteiger partial charge in [0.1, 0.15) is 19.3 Å². The smallest absolute Gasteiger partial charge is 0.462 e. The number of rotatable bonds is 78. The second-order valence-corrected chi connectivity index (χ2v) is 30.6. The number of allylic oxidation sites excluding steroid dienone is 12. The summed E-state index contributed by atoms with van der Waals surface area (Å²) in [5, 5.41) is 10.6. The molecule has 0 aliphatic heterocycles. The lowest BCUT2D eigenvalue weighted by Crippen LogP contribution is -2.30. The summed E-state index contributed by atoms with van der Waals surface area (Å²) in [6.45, 7) is 4.83. The van der Waals surface area contributed by atoms with Crippen LogP contribution in [0.2, 0.25) is 0 Å². The van der Waals surface area contributed by atoms with Crippen LogP contribution in [0.4, 0.5) is 0 Å². The number of phosphoric acid groups is 2. The molecule has 0 rings (SSSR count). The molecule has 102 heavy (non-hydrogen) atoms. The molecule has 0 bridgehead atoms. The Morgan fingerprint density at radius 2 is 0.490 bits per heavy atom. The van der Waals surface area contributed by atoms with Gasteiger partial charge in [-0.1, -0.05) is 306 Å². The minimum atomic E-state index is -4.99. The van der Waals surface area contributed by atoms with Gasteiger partial charge in [-0.3, -0.25) is 37.3 Å². The molecule has 0 aromatic carbocycles. The quantitative estimate of drug-likeness (QED) is 0.0169. The van der Waals surface area contributed by atoms with Crippen LogP contribution in [-0.2, 0) is 65.4 Å². The summed E-state index contributed by atoms with van der Waals surface area (Å²) in [6, 6.07) is 0. The molecule has 19 heteroatoms. The van der Waals surface area contributed by atoms with Gasteiger partial charge in [-0.05, 0) is 116 Å². The van der Waals surface area contributed by atoms with Crippen molar-refractivity contribution in [2.75, 3.05) is 39.6 Å². The first-order valence-electron chi connectivity index (χ1n) is 41.2. The number of carbonyl (C=O) groups is 4. The molecule has 594 valence electrons. The molecule has 0 spiro atoms. The summed E-state index contributed by atoms with van der Waals surface area (Å²) in [6.07, 6.45) is 77.3. The molecule has 0 fully saturated rings. The van der Waals surface area contributed by atoms with E-state index in [1.807, 2.05) is 12.2 Å². The summed E-state index contributed by atoms with van der Waals surface area (Å²) in [7, 11) is -9.97. The maximum Gasteiger partial charge on any atom is 0.472 e. The van der Waals surface area contributed by atoms with Crippen molar-refractivity contribution < 1.29 is 80.2 Å². The Morgan fingerprint density at radius 3 is 0.814 bits per heavy atom. The average Bonchev–Trinajstić information content (AvgIpc) is 0.917. The Bertz CT molecular complexity index is 2210. The van der Waals surface area contributed by atoms with Crippen molar-refractivity contribution in [3.05, 3.63) is 72.9 Å². The van der Waals surface area contributed by atoms with E-state index in [1.165, 1.54) is 154 Å². The first-order chi connectivity index (χ1) is 49.7. The van der Waals surface area contributed by atoms with Crippen LogP contribution < -0.4 is 0 Å². The second-order valence-electron chi connectivity index (χ2n) is 27.7. The predicted octanol–water partition coefficient (Wildman–Crippen LogP) is 24.0. The molecule has 0 radical (unpaired) electrons. The molecule has 0 aromatic rings. The summed E-state index contributed by atoms with van der Waals surface area (Å²) in [4.78, 5) is 73.0. The number of unbranched alkanes of at least 4 members (excludes halogenated alkanes) is 40. The molecule has 0 amide bonds. The Hall–Kier alpha value is -3.50.